The number of esters is 1. The number of hydrogen-bond donors (Lipinski definition) is 1. The van der Waals surface area contributed by atoms with Crippen LogP contribution in [0.2, 0.25) is 0 Å². The number of hydrogen-bond acceptors (Lipinski definition) is 5. The highest BCUT2D eigenvalue weighted by atomic mass is 32.2. The Bertz CT molecular complexity index is 706. The molecule has 0 aromatic heterocycles. The number of fused-ring (bicyclic) bond motifs is 1. The number of nitrogens with one attached hydrogen (secondary N) is 1. The molecule has 0 aromatic rings. The van der Waals surface area contributed by atoms with E-state index < -0.39 is 22.0 Å². The Balaban J connectivity index is 2.35. The van der Waals surface area contributed by atoms with Crippen LogP contribution in [-0.4, -0.2) is 39.6 Å². The molecule has 0 aliphatic heterocycles. The third kappa shape index (κ3) is 3.62. The van der Waals surface area contributed by atoms with Crippen molar-refractivity contribution in [1.29, 1.82) is 0 Å². The largest absolute Gasteiger partial charge is 0.466 e. The third-order valence-corrected chi connectivity index (χ3v) is 5.91. The molecule has 0 radical (unpaired) electrons. The summed E-state index contributed by atoms with van der Waals surface area (Å²) >= 11 is 0. The van der Waals surface area contributed by atoms with Gasteiger partial charge < -0.3 is 4.74 Å². The van der Waals surface area contributed by atoms with Crippen LogP contribution >= 0.6 is 0 Å². The number of sulfonamides is 1. The van der Waals surface area contributed by atoms with Crippen LogP contribution in [-0.2, 0) is 24.3 Å². The molecule has 0 aromatic carbocycles. The van der Waals surface area contributed by atoms with E-state index >= 15 is 0 Å². The lowest BCUT2D eigenvalue weighted by molar-refractivity contribution is -0.136. The summed E-state index contributed by atoms with van der Waals surface area (Å²) in [6.07, 6.45) is 3.17. The number of rotatable bonds is 4. The third-order valence-electron chi connectivity index (χ3n) is 5.23. The quantitative estimate of drug-likeness (QED) is 0.611. The Labute approximate surface area is 143 Å². The zero-order chi connectivity index (χ0) is 18.2. The molecule has 24 heavy (non-hydrogen) atoms. The molecule has 0 unspecified atom stereocenters. The Hall–Kier alpha value is -1.47. The lowest BCUT2D eigenvalue weighted by Gasteiger charge is -2.26. The van der Waals surface area contributed by atoms with Gasteiger partial charge in [-0.2, -0.15) is 0 Å². The van der Waals surface area contributed by atoms with Gasteiger partial charge in [0.05, 0.1) is 19.4 Å². The molecular formula is C17H25NO5S. The van der Waals surface area contributed by atoms with Gasteiger partial charge >= 0.3 is 5.97 Å². The minimum Gasteiger partial charge on any atom is -0.466 e. The minimum atomic E-state index is -3.49. The van der Waals surface area contributed by atoms with E-state index in [9.17, 15) is 18.0 Å². The topological polar surface area (TPSA) is 89.5 Å². The zero-order valence-electron chi connectivity index (χ0n) is 14.6. The maximum atomic E-state index is 12.6. The Kier molecular flexibility index (Phi) is 5.34. The van der Waals surface area contributed by atoms with E-state index in [1.807, 2.05) is 6.92 Å². The summed E-state index contributed by atoms with van der Waals surface area (Å²) in [5, 5.41) is 0. The second kappa shape index (κ2) is 6.80. The SMILES string of the molecule is C=C(C(=O)OC)[C@@H]1CC[C@H](C)[C@H]2C(=C(C)C(=O)[C@H]2NS(C)(=O)=O)C1. The lowest BCUT2D eigenvalue weighted by atomic mass is 9.84. The number of carbonyl (C=O) groups is 2. The van der Waals surface area contributed by atoms with Crippen LogP contribution in [0.25, 0.3) is 0 Å². The fourth-order valence-corrected chi connectivity index (χ4v) is 4.65. The molecule has 0 spiro atoms. The van der Waals surface area contributed by atoms with Crippen LogP contribution in [0.5, 0.6) is 0 Å². The second-order valence-corrected chi connectivity index (χ2v) is 8.66. The first-order valence-electron chi connectivity index (χ1n) is 8.05. The van der Waals surface area contributed by atoms with E-state index in [1.54, 1.807) is 6.92 Å². The predicted octanol–water partition coefficient (Wildman–Crippen LogP) is 1.58. The summed E-state index contributed by atoms with van der Waals surface area (Å²) in [4.78, 5) is 24.4. The highest BCUT2D eigenvalue weighted by Gasteiger charge is 2.46. The molecular weight excluding hydrogens is 330 g/mol. The zero-order valence-corrected chi connectivity index (χ0v) is 15.4. The van der Waals surface area contributed by atoms with Crippen LogP contribution < -0.4 is 4.72 Å². The standard InChI is InChI=1S/C17H25NO5S/c1-9-6-7-12(10(2)17(20)23-4)8-13-11(3)16(19)15(14(9)13)18-24(5,21)22/h9,12,14-15,18H,2,6-8H2,1,3-5H3/t9-,12+,14-,15-/m0/s1. The summed E-state index contributed by atoms with van der Waals surface area (Å²) in [6.45, 7) is 7.62. The fourth-order valence-electron chi connectivity index (χ4n) is 3.93. The molecule has 4 atom stereocenters. The summed E-state index contributed by atoms with van der Waals surface area (Å²) in [6, 6.07) is -0.741. The molecule has 6 nitrogen and oxygen atoms in total. The van der Waals surface area contributed by atoms with Crippen molar-refractivity contribution in [3.05, 3.63) is 23.3 Å². The molecule has 2 rings (SSSR count). The highest BCUT2D eigenvalue weighted by Crippen LogP contribution is 2.45. The van der Waals surface area contributed by atoms with Gasteiger partial charge in [0.1, 0.15) is 0 Å². The minimum absolute atomic E-state index is 0.0837. The summed E-state index contributed by atoms with van der Waals surface area (Å²) < 4.78 is 30.6. The molecule has 0 saturated heterocycles. The van der Waals surface area contributed by atoms with Crippen LogP contribution in [0.4, 0.5) is 0 Å². The second-order valence-electron chi connectivity index (χ2n) is 6.88. The molecule has 134 valence electrons. The van der Waals surface area contributed by atoms with Crippen molar-refractivity contribution in [1.82, 2.24) is 4.72 Å². The summed E-state index contributed by atoms with van der Waals surface area (Å²) in [7, 11) is -2.16. The van der Waals surface area contributed by atoms with Crippen molar-refractivity contribution < 1.29 is 22.7 Å². The number of carbonyl (C=O) groups excluding carboxylic acids is 2. The van der Waals surface area contributed by atoms with Crippen LogP contribution in [0, 0.1) is 17.8 Å². The van der Waals surface area contributed by atoms with Crippen LogP contribution in [0.1, 0.15) is 33.1 Å². The van der Waals surface area contributed by atoms with E-state index in [-0.39, 0.29) is 23.5 Å². The Morgan fingerprint density at radius 2 is 1.96 bits per heavy atom. The lowest BCUT2D eigenvalue weighted by Crippen LogP contribution is -2.44. The molecule has 7 heteroatoms. The first kappa shape index (κ1) is 18.9. The normalized spacial score (nSPS) is 30.8. The number of methoxy groups -OCH3 is 1. The average Bonchev–Trinajstić information content (AvgIpc) is 2.65. The van der Waals surface area contributed by atoms with E-state index in [4.69, 9.17) is 4.74 Å². The maximum absolute atomic E-state index is 12.6. The van der Waals surface area contributed by atoms with Gasteiger partial charge in [0, 0.05) is 11.5 Å². The molecule has 0 amide bonds. The molecule has 0 bridgehead atoms. The van der Waals surface area contributed by atoms with Crippen molar-refractivity contribution in [2.75, 3.05) is 13.4 Å². The number of ketones is 1. The maximum Gasteiger partial charge on any atom is 0.333 e. The van der Waals surface area contributed by atoms with Gasteiger partial charge in [-0.1, -0.05) is 19.1 Å². The Morgan fingerprint density at radius 3 is 2.50 bits per heavy atom. The van der Waals surface area contributed by atoms with Gasteiger partial charge in [0.25, 0.3) is 0 Å². The van der Waals surface area contributed by atoms with Crippen molar-refractivity contribution in [2.45, 2.75) is 39.2 Å². The first-order chi connectivity index (χ1) is 11.1. The van der Waals surface area contributed by atoms with Crippen molar-refractivity contribution in [3.8, 4) is 0 Å². The van der Waals surface area contributed by atoms with Crippen molar-refractivity contribution in [3.63, 3.8) is 0 Å². The van der Waals surface area contributed by atoms with E-state index in [2.05, 4.69) is 11.3 Å². The van der Waals surface area contributed by atoms with Crippen LogP contribution in [0.3, 0.4) is 0 Å². The molecule has 2 aliphatic rings. The van der Waals surface area contributed by atoms with Gasteiger partial charge in [-0.05, 0) is 43.6 Å². The van der Waals surface area contributed by atoms with E-state index in [0.29, 0.717) is 17.6 Å². The number of ether oxygens (including phenoxy) is 1. The molecule has 0 heterocycles. The predicted molar refractivity (Wildman–Crippen MR) is 90.6 cm³/mol. The first-order valence-corrected chi connectivity index (χ1v) is 9.94. The smallest absolute Gasteiger partial charge is 0.333 e. The molecule has 1 fully saturated rings. The van der Waals surface area contributed by atoms with Gasteiger partial charge in [-0.25, -0.2) is 17.9 Å². The number of Topliss-reactive ketones (excluding diaryl/α,β-unsaturated/α-hetero) is 1. The Morgan fingerprint density at radius 1 is 1.33 bits per heavy atom. The van der Waals surface area contributed by atoms with Crippen LogP contribution in [0.15, 0.2) is 23.3 Å². The van der Waals surface area contributed by atoms with E-state index in [0.717, 1.165) is 24.7 Å². The summed E-state index contributed by atoms with van der Waals surface area (Å²) in [5.74, 6) is -0.713. The molecule has 1 saturated carbocycles. The summed E-state index contributed by atoms with van der Waals surface area (Å²) in [5.41, 5.74) is 1.97. The highest BCUT2D eigenvalue weighted by molar-refractivity contribution is 7.88. The van der Waals surface area contributed by atoms with Gasteiger partial charge in [0.15, 0.2) is 5.78 Å². The monoisotopic (exact) mass is 355 g/mol. The van der Waals surface area contributed by atoms with Crippen molar-refractivity contribution in [2.24, 2.45) is 17.8 Å². The molecule has 2 aliphatic carbocycles. The van der Waals surface area contributed by atoms with Gasteiger partial charge in [-0.3, -0.25) is 4.79 Å². The van der Waals surface area contributed by atoms with Gasteiger partial charge in [-0.15, -0.1) is 0 Å². The van der Waals surface area contributed by atoms with Gasteiger partial charge in [0.2, 0.25) is 10.0 Å². The fraction of sp³-hybridized carbons (Fsp3) is 0.647. The average molecular weight is 355 g/mol. The van der Waals surface area contributed by atoms with Crippen molar-refractivity contribution >= 4 is 21.8 Å². The van der Waals surface area contributed by atoms with E-state index in [1.165, 1.54) is 7.11 Å². The molecule has 1 N–H and O–H groups in total.